The Balaban J connectivity index is 1.38. The topological polar surface area (TPSA) is 32.3 Å². The van der Waals surface area contributed by atoms with E-state index in [-0.39, 0.29) is 17.9 Å². The van der Waals surface area contributed by atoms with Crippen LogP contribution < -0.4 is 5.32 Å². The van der Waals surface area contributed by atoms with E-state index < -0.39 is 0 Å². The number of carbonyl (C=O) groups is 1. The van der Waals surface area contributed by atoms with Crippen LogP contribution in [0.25, 0.3) is 0 Å². The van der Waals surface area contributed by atoms with Gasteiger partial charge in [0.1, 0.15) is 0 Å². The SMILES string of the molecule is C[C@H](c1ccccc1)N1CC[C@H]2CCC(NC(=O)C(c3ccccc3)c3ccccc3)[C@H]21. The number of hydrogen-bond donors (Lipinski definition) is 1. The lowest BCUT2D eigenvalue weighted by molar-refractivity contribution is -0.122. The second-order valence-corrected chi connectivity index (χ2v) is 9.31. The molecule has 1 heterocycles. The average molecular weight is 425 g/mol. The first-order chi connectivity index (χ1) is 15.7. The fraction of sp³-hybridized carbons (Fsp3) is 0.345. The quantitative estimate of drug-likeness (QED) is 0.563. The molecule has 1 N–H and O–H groups in total. The van der Waals surface area contributed by atoms with Crippen LogP contribution in [0, 0.1) is 5.92 Å². The number of fused-ring (bicyclic) bond motifs is 1. The van der Waals surface area contributed by atoms with Crippen LogP contribution in [0.4, 0.5) is 0 Å². The van der Waals surface area contributed by atoms with Crippen molar-refractivity contribution in [2.45, 2.75) is 50.2 Å². The van der Waals surface area contributed by atoms with E-state index in [4.69, 9.17) is 0 Å². The van der Waals surface area contributed by atoms with Crippen molar-refractivity contribution >= 4 is 5.91 Å². The first kappa shape index (κ1) is 21.0. The minimum absolute atomic E-state index is 0.118. The van der Waals surface area contributed by atoms with E-state index in [1.54, 1.807) is 0 Å². The first-order valence-electron chi connectivity index (χ1n) is 11.9. The number of carbonyl (C=O) groups excluding carboxylic acids is 1. The van der Waals surface area contributed by atoms with Gasteiger partial charge in [0, 0.05) is 18.1 Å². The molecule has 0 radical (unpaired) electrons. The number of hydrogen-bond acceptors (Lipinski definition) is 2. The van der Waals surface area contributed by atoms with Crippen molar-refractivity contribution in [3.63, 3.8) is 0 Å². The summed E-state index contributed by atoms with van der Waals surface area (Å²) in [5.74, 6) is 0.517. The largest absolute Gasteiger partial charge is 0.351 e. The summed E-state index contributed by atoms with van der Waals surface area (Å²) in [6, 6.07) is 32.1. The van der Waals surface area contributed by atoms with Gasteiger partial charge in [-0.15, -0.1) is 0 Å². The highest BCUT2D eigenvalue weighted by Crippen LogP contribution is 2.42. The zero-order chi connectivity index (χ0) is 21.9. The summed E-state index contributed by atoms with van der Waals surface area (Å²) in [4.78, 5) is 16.3. The number of nitrogens with zero attached hydrogens (tertiary/aromatic N) is 1. The molecule has 3 nitrogen and oxygen atoms in total. The molecule has 0 bridgehead atoms. The molecule has 1 aliphatic carbocycles. The molecule has 5 rings (SSSR count). The van der Waals surface area contributed by atoms with Gasteiger partial charge in [-0.2, -0.15) is 0 Å². The molecule has 1 saturated carbocycles. The van der Waals surface area contributed by atoms with Gasteiger partial charge in [0.25, 0.3) is 0 Å². The van der Waals surface area contributed by atoms with Gasteiger partial charge in [0.05, 0.1) is 5.92 Å². The molecule has 32 heavy (non-hydrogen) atoms. The molecular formula is C29H32N2O. The minimum atomic E-state index is -0.280. The molecule has 3 heteroatoms. The molecule has 3 aromatic rings. The molecule has 1 aliphatic heterocycles. The minimum Gasteiger partial charge on any atom is -0.351 e. The van der Waals surface area contributed by atoms with Gasteiger partial charge in [-0.05, 0) is 55.3 Å². The third kappa shape index (κ3) is 4.10. The summed E-state index contributed by atoms with van der Waals surface area (Å²) in [5, 5.41) is 3.50. The Kier molecular flexibility index (Phi) is 6.09. The molecular weight excluding hydrogens is 392 g/mol. The van der Waals surface area contributed by atoms with Crippen molar-refractivity contribution in [3.8, 4) is 0 Å². The average Bonchev–Trinajstić information content (AvgIpc) is 3.44. The van der Waals surface area contributed by atoms with Gasteiger partial charge < -0.3 is 5.32 Å². The number of nitrogens with one attached hydrogen (secondary N) is 1. The zero-order valence-corrected chi connectivity index (χ0v) is 18.7. The molecule has 4 atom stereocenters. The van der Waals surface area contributed by atoms with E-state index in [9.17, 15) is 4.79 Å². The van der Waals surface area contributed by atoms with E-state index in [0.29, 0.717) is 18.0 Å². The van der Waals surface area contributed by atoms with Crippen molar-refractivity contribution in [2.75, 3.05) is 6.54 Å². The standard InChI is InChI=1S/C29H32N2O/c1-21(22-11-5-2-6-12-22)31-20-19-25-17-18-26(28(25)31)30-29(32)27(23-13-7-3-8-14-23)24-15-9-4-10-16-24/h2-16,21,25-28H,17-20H2,1H3,(H,30,32)/t21-,25-,26?,28+/m1/s1. The second-order valence-electron chi connectivity index (χ2n) is 9.31. The van der Waals surface area contributed by atoms with E-state index in [1.807, 2.05) is 36.4 Å². The molecule has 1 amide bonds. The Morgan fingerprint density at radius 2 is 1.31 bits per heavy atom. The fourth-order valence-electron chi connectivity index (χ4n) is 5.93. The van der Waals surface area contributed by atoms with Gasteiger partial charge >= 0.3 is 0 Å². The highest BCUT2D eigenvalue weighted by Gasteiger charge is 2.46. The Morgan fingerprint density at radius 3 is 1.88 bits per heavy atom. The Morgan fingerprint density at radius 1 is 0.781 bits per heavy atom. The third-order valence-electron chi connectivity index (χ3n) is 7.52. The third-order valence-corrected chi connectivity index (χ3v) is 7.52. The maximum absolute atomic E-state index is 13.7. The predicted octanol–water partition coefficient (Wildman–Crippen LogP) is 5.55. The summed E-state index contributed by atoms with van der Waals surface area (Å²) in [7, 11) is 0. The van der Waals surface area contributed by atoms with Crippen LogP contribution in [0.15, 0.2) is 91.0 Å². The van der Waals surface area contributed by atoms with Gasteiger partial charge in [-0.25, -0.2) is 0 Å². The molecule has 1 unspecified atom stereocenters. The monoisotopic (exact) mass is 424 g/mol. The fourth-order valence-corrected chi connectivity index (χ4v) is 5.93. The van der Waals surface area contributed by atoms with E-state index in [1.165, 1.54) is 18.4 Å². The van der Waals surface area contributed by atoms with Gasteiger partial charge in [-0.1, -0.05) is 91.0 Å². The van der Waals surface area contributed by atoms with E-state index in [2.05, 4.69) is 71.7 Å². The number of rotatable bonds is 6. The summed E-state index contributed by atoms with van der Waals surface area (Å²) in [6.07, 6.45) is 3.50. The van der Waals surface area contributed by atoms with E-state index >= 15 is 0 Å². The van der Waals surface area contributed by atoms with Gasteiger partial charge in [0.15, 0.2) is 0 Å². The molecule has 2 aliphatic rings. The predicted molar refractivity (Wildman–Crippen MR) is 129 cm³/mol. The van der Waals surface area contributed by atoms with Crippen LogP contribution in [0.1, 0.15) is 54.8 Å². The lowest BCUT2D eigenvalue weighted by atomic mass is 9.90. The molecule has 0 spiro atoms. The first-order valence-corrected chi connectivity index (χ1v) is 11.9. The van der Waals surface area contributed by atoms with Crippen LogP contribution in [-0.2, 0) is 4.79 Å². The van der Waals surface area contributed by atoms with Crippen molar-refractivity contribution in [3.05, 3.63) is 108 Å². The highest BCUT2D eigenvalue weighted by atomic mass is 16.2. The van der Waals surface area contributed by atoms with Crippen molar-refractivity contribution < 1.29 is 4.79 Å². The van der Waals surface area contributed by atoms with Gasteiger partial charge in [-0.3, -0.25) is 9.69 Å². The highest BCUT2D eigenvalue weighted by molar-refractivity contribution is 5.87. The number of benzene rings is 3. The summed E-state index contributed by atoms with van der Waals surface area (Å²) >= 11 is 0. The van der Waals surface area contributed by atoms with Crippen molar-refractivity contribution in [1.82, 2.24) is 10.2 Å². The number of amides is 1. The van der Waals surface area contributed by atoms with Crippen molar-refractivity contribution in [2.24, 2.45) is 5.92 Å². The molecule has 164 valence electrons. The molecule has 2 fully saturated rings. The summed E-state index contributed by atoms with van der Waals surface area (Å²) in [5.41, 5.74) is 3.45. The van der Waals surface area contributed by atoms with Crippen LogP contribution in [-0.4, -0.2) is 29.4 Å². The van der Waals surface area contributed by atoms with Crippen LogP contribution >= 0.6 is 0 Å². The van der Waals surface area contributed by atoms with Crippen LogP contribution in [0.5, 0.6) is 0 Å². The summed E-state index contributed by atoms with van der Waals surface area (Å²) < 4.78 is 0. The second kappa shape index (κ2) is 9.30. The maximum Gasteiger partial charge on any atom is 0.232 e. The molecule has 1 saturated heterocycles. The van der Waals surface area contributed by atoms with Crippen LogP contribution in [0.2, 0.25) is 0 Å². The van der Waals surface area contributed by atoms with Crippen molar-refractivity contribution in [1.29, 1.82) is 0 Å². The number of likely N-dealkylation sites (tertiary alicyclic amines) is 1. The normalized spacial score (nSPS) is 23.8. The molecule has 3 aromatic carbocycles. The van der Waals surface area contributed by atoms with E-state index in [0.717, 1.165) is 24.1 Å². The Bertz CT molecular complexity index is 981. The lowest BCUT2D eigenvalue weighted by Gasteiger charge is -2.35. The maximum atomic E-state index is 13.7. The van der Waals surface area contributed by atoms with Crippen LogP contribution in [0.3, 0.4) is 0 Å². The lowest BCUT2D eigenvalue weighted by Crippen LogP contribution is -2.49. The van der Waals surface area contributed by atoms with Gasteiger partial charge in [0.2, 0.25) is 5.91 Å². The molecule has 0 aromatic heterocycles. The Hall–Kier alpha value is -2.91. The summed E-state index contributed by atoms with van der Waals surface area (Å²) in [6.45, 7) is 3.42. The smallest absolute Gasteiger partial charge is 0.232 e. The zero-order valence-electron chi connectivity index (χ0n) is 18.7. The Labute approximate surface area is 191 Å².